The molecule has 1 saturated heterocycles. The van der Waals surface area contributed by atoms with Crippen molar-refractivity contribution in [3.05, 3.63) is 70.2 Å². The van der Waals surface area contributed by atoms with Crippen LogP contribution in [0.5, 0.6) is 0 Å². The van der Waals surface area contributed by atoms with Gasteiger partial charge in [-0.2, -0.15) is 0 Å². The smallest absolute Gasteiger partial charge is 0.239 e. The zero-order valence-corrected chi connectivity index (χ0v) is 16.4. The molecule has 5 heteroatoms. The van der Waals surface area contributed by atoms with E-state index in [2.05, 4.69) is 6.07 Å². The predicted molar refractivity (Wildman–Crippen MR) is 109 cm³/mol. The fourth-order valence-corrected chi connectivity index (χ4v) is 4.00. The normalized spacial score (nSPS) is 17.6. The number of nitrogens with zero attached hydrogens (tertiary/aromatic N) is 1. The van der Waals surface area contributed by atoms with E-state index >= 15 is 0 Å². The quantitative estimate of drug-likeness (QED) is 0.823. The summed E-state index contributed by atoms with van der Waals surface area (Å²) in [7, 11) is 0. The third-order valence-corrected chi connectivity index (χ3v) is 5.63. The van der Waals surface area contributed by atoms with E-state index in [9.17, 15) is 9.90 Å². The molecule has 1 aliphatic heterocycles. The van der Waals surface area contributed by atoms with Gasteiger partial charge in [-0.15, -0.1) is 0 Å². The van der Waals surface area contributed by atoms with Crippen molar-refractivity contribution >= 4 is 17.5 Å². The van der Waals surface area contributed by atoms with Gasteiger partial charge in [-0.25, -0.2) is 0 Å². The molecule has 3 rings (SSSR count). The summed E-state index contributed by atoms with van der Waals surface area (Å²) in [5.74, 6) is 0.375. The number of carbonyl (C=O) groups is 1. The predicted octanol–water partition coefficient (Wildman–Crippen LogP) is 3.67. The van der Waals surface area contributed by atoms with Crippen molar-refractivity contribution in [1.82, 2.24) is 4.90 Å². The number of halogens is 1. The van der Waals surface area contributed by atoms with Gasteiger partial charge in [-0.05, 0) is 60.9 Å². The highest BCUT2D eigenvalue weighted by atomic mass is 35.5. The third kappa shape index (κ3) is 4.89. The van der Waals surface area contributed by atoms with Gasteiger partial charge >= 0.3 is 0 Å². The number of nitrogens with two attached hydrogens (primary N) is 1. The summed E-state index contributed by atoms with van der Waals surface area (Å²) in [6, 6.07) is 15.0. The van der Waals surface area contributed by atoms with Crippen LogP contribution in [0.3, 0.4) is 0 Å². The Kier molecular flexibility index (Phi) is 6.53. The van der Waals surface area contributed by atoms with Gasteiger partial charge in [0.15, 0.2) is 0 Å². The van der Waals surface area contributed by atoms with Crippen LogP contribution in [0.1, 0.15) is 48.5 Å². The molecule has 0 saturated carbocycles. The minimum Gasteiger partial charge on any atom is -0.389 e. The van der Waals surface area contributed by atoms with Gasteiger partial charge in [0.05, 0.1) is 12.1 Å². The zero-order valence-electron chi connectivity index (χ0n) is 15.6. The number of aliphatic hydroxyl groups excluding tert-OH is 1. The van der Waals surface area contributed by atoms with Crippen molar-refractivity contribution < 1.29 is 9.90 Å². The van der Waals surface area contributed by atoms with Gasteiger partial charge < -0.3 is 15.7 Å². The van der Waals surface area contributed by atoms with Gasteiger partial charge in [0, 0.05) is 18.1 Å². The molecular formula is C22H27ClN2O2. The van der Waals surface area contributed by atoms with Crippen LogP contribution in [-0.2, 0) is 11.2 Å². The SMILES string of the molecule is CC(O)c1ccccc1C1CCN(C(=O)[C@H](N)Cc2ccc(Cl)cc2)CC1. The molecule has 0 bridgehead atoms. The molecule has 144 valence electrons. The first-order chi connectivity index (χ1) is 13.0. The van der Waals surface area contributed by atoms with Crippen molar-refractivity contribution in [2.45, 2.75) is 44.2 Å². The summed E-state index contributed by atoms with van der Waals surface area (Å²) in [6.07, 6.45) is 1.82. The molecule has 1 aliphatic rings. The minimum absolute atomic E-state index is 0.00668. The Hall–Kier alpha value is -1.88. The molecule has 2 atom stereocenters. The van der Waals surface area contributed by atoms with Crippen LogP contribution < -0.4 is 5.73 Å². The first-order valence-electron chi connectivity index (χ1n) is 9.51. The lowest BCUT2D eigenvalue weighted by atomic mass is 9.85. The highest BCUT2D eigenvalue weighted by molar-refractivity contribution is 6.30. The topological polar surface area (TPSA) is 66.6 Å². The molecule has 0 spiro atoms. The van der Waals surface area contributed by atoms with Crippen LogP contribution in [-0.4, -0.2) is 35.0 Å². The number of piperidine rings is 1. The Labute approximate surface area is 165 Å². The van der Waals surface area contributed by atoms with E-state index in [0.29, 0.717) is 30.5 Å². The summed E-state index contributed by atoms with van der Waals surface area (Å²) in [6.45, 7) is 3.20. The maximum absolute atomic E-state index is 12.7. The van der Waals surface area contributed by atoms with Crippen molar-refractivity contribution in [1.29, 1.82) is 0 Å². The lowest BCUT2D eigenvalue weighted by Crippen LogP contribution is -2.47. The van der Waals surface area contributed by atoms with Crippen LogP contribution >= 0.6 is 11.6 Å². The summed E-state index contributed by atoms with van der Waals surface area (Å²) < 4.78 is 0. The molecule has 1 heterocycles. The average Bonchev–Trinajstić information content (AvgIpc) is 2.69. The second-order valence-corrected chi connectivity index (χ2v) is 7.78. The van der Waals surface area contributed by atoms with Gasteiger partial charge in [-0.3, -0.25) is 4.79 Å². The van der Waals surface area contributed by atoms with Gasteiger partial charge in [-0.1, -0.05) is 48.0 Å². The number of aliphatic hydroxyl groups is 1. The molecule has 1 amide bonds. The van der Waals surface area contributed by atoms with Crippen LogP contribution in [0.4, 0.5) is 0 Å². The fourth-order valence-electron chi connectivity index (χ4n) is 3.87. The molecule has 2 aromatic rings. The molecule has 1 fully saturated rings. The lowest BCUT2D eigenvalue weighted by molar-refractivity contribution is -0.133. The molecule has 0 aliphatic carbocycles. The molecule has 4 nitrogen and oxygen atoms in total. The van der Waals surface area contributed by atoms with E-state index in [4.69, 9.17) is 17.3 Å². The van der Waals surface area contributed by atoms with Gasteiger partial charge in [0.25, 0.3) is 0 Å². The third-order valence-electron chi connectivity index (χ3n) is 5.38. The highest BCUT2D eigenvalue weighted by Gasteiger charge is 2.28. The number of amides is 1. The fraction of sp³-hybridized carbons (Fsp3) is 0.409. The summed E-state index contributed by atoms with van der Waals surface area (Å²) in [5.41, 5.74) is 9.37. The van der Waals surface area contributed by atoms with E-state index in [-0.39, 0.29) is 5.91 Å². The summed E-state index contributed by atoms with van der Waals surface area (Å²) >= 11 is 5.91. The Morgan fingerprint density at radius 3 is 2.44 bits per heavy atom. The molecule has 3 N–H and O–H groups in total. The highest BCUT2D eigenvalue weighted by Crippen LogP contribution is 2.33. The number of likely N-dealkylation sites (tertiary alicyclic amines) is 1. The number of hydrogen-bond donors (Lipinski definition) is 2. The molecular weight excluding hydrogens is 360 g/mol. The lowest BCUT2D eigenvalue weighted by Gasteiger charge is -2.34. The largest absolute Gasteiger partial charge is 0.389 e. The first-order valence-corrected chi connectivity index (χ1v) is 9.89. The Balaban J connectivity index is 1.58. The number of rotatable bonds is 5. The van der Waals surface area contributed by atoms with Crippen LogP contribution in [0.25, 0.3) is 0 Å². The van der Waals surface area contributed by atoms with E-state index in [1.165, 1.54) is 5.56 Å². The number of carbonyl (C=O) groups excluding carboxylic acids is 1. The number of hydrogen-bond acceptors (Lipinski definition) is 3. The molecule has 0 radical (unpaired) electrons. The van der Waals surface area contributed by atoms with E-state index in [1.54, 1.807) is 6.92 Å². The van der Waals surface area contributed by atoms with Gasteiger partial charge in [0.2, 0.25) is 5.91 Å². The Morgan fingerprint density at radius 1 is 1.19 bits per heavy atom. The maximum Gasteiger partial charge on any atom is 0.239 e. The van der Waals surface area contributed by atoms with Crippen LogP contribution in [0.15, 0.2) is 48.5 Å². The van der Waals surface area contributed by atoms with E-state index in [1.807, 2.05) is 47.4 Å². The van der Waals surface area contributed by atoms with Crippen LogP contribution in [0.2, 0.25) is 5.02 Å². The monoisotopic (exact) mass is 386 g/mol. The second-order valence-electron chi connectivity index (χ2n) is 7.34. The Bertz CT molecular complexity index is 768. The zero-order chi connectivity index (χ0) is 19.4. The van der Waals surface area contributed by atoms with Crippen LogP contribution in [0, 0.1) is 0 Å². The van der Waals surface area contributed by atoms with Crippen molar-refractivity contribution in [3.63, 3.8) is 0 Å². The molecule has 1 unspecified atom stereocenters. The summed E-state index contributed by atoms with van der Waals surface area (Å²) in [5, 5.41) is 10.7. The minimum atomic E-state index is -0.535. The van der Waals surface area contributed by atoms with Crippen molar-refractivity contribution in [2.24, 2.45) is 5.73 Å². The van der Waals surface area contributed by atoms with E-state index in [0.717, 1.165) is 24.0 Å². The van der Waals surface area contributed by atoms with E-state index < -0.39 is 12.1 Å². The van der Waals surface area contributed by atoms with Crippen molar-refractivity contribution in [3.8, 4) is 0 Å². The van der Waals surface area contributed by atoms with Gasteiger partial charge in [0.1, 0.15) is 0 Å². The maximum atomic E-state index is 12.7. The number of benzene rings is 2. The molecule has 27 heavy (non-hydrogen) atoms. The molecule has 2 aromatic carbocycles. The Morgan fingerprint density at radius 2 is 1.81 bits per heavy atom. The summed E-state index contributed by atoms with van der Waals surface area (Å²) in [4.78, 5) is 14.6. The van der Waals surface area contributed by atoms with Crippen molar-refractivity contribution in [2.75, 3.05) is 13.1 Å². The standard InChI is InChI=1S/C22H27ClN2O2/c1-15(26)19-4-2-3-5-20(19)17-10-12-25(13-11-17)22(27)21(24)14-16-6-8-18(23)9-7-16/h2-9,15,17,21,26H,10-14,24H2,1H3/t15?,21-/m1/s1. The average molecular weight is 387 g/mol. The second kappa shape index (κ2) is 8.87. The first kappa shape index (κ1) is 19.9. The molecule has 0 aromatic heterocycles.